The van der Waals surface area contributed by atoms with Gasteiger partial charge < -0.3 is 14.5 Å². The van der Waals surface area contributed by atoms with Crippen LogP contribution < -0.4 is 4.74 Å². The van der Waals surface area contributed by atoms with Crippen molar-refractivity contribution in [3.63, 3.8) is 0 Å². The maximum atomic E-state index is 12.6. The Labute approximate surface area is 178 Å². The smallest absolute Gasteiger partial charge is 0.219 e. The van der Waals surface area contributed by atoms with Crippen LogP contribution in [0.5, 0.6) is 5.75 Å². The van der Waals surface area contributed by atoms with Crippen molar-refractivity contribution in [2.75, 3.05) is 52.4 Å². The first-order valence-corrected chi connectivity index (χ1v) is 11.0. The highest BCUT2D eigenvalue weighted by atomic mass is 35.5. The Morgan fingerprint density at radius 3 is 2.55 bits per heavy atom. The first-order valence-electron chi connectivity index (χ1n) is 10.6. The largest absolute Gasteiger partial charge is 0.492 e. The van der Waals surface area contributed by atoms with Crippen molar-refractivity contribution in [2.45, 2.75) is 39.2 Å². The van der Waals surface area contributed by atoms with E-state index in [2.05, 4.69) is 16.7 Å². The Balaban J connectivity index is 1.43. The number of nitrogens with zero attached hydrogens (tertiary/aromatic N) is 3. The number of hydrogen-bond donors (Lipinski definition) is 0. The molecule has 6 nitrogen and oxygen atoms in total. The van der Waals surface area contributed by atoms with Gasteiger partial charge in [0.15, 0.2) is 5.78 Å². The number of benzene rings is 1. The number of Topliss-reactive ketones (excluding diaryl/α,β-unsaturated/α-hetero) is 1. The van der Waals surface area contributed by atoms with Gasteiger partial charge in [-0.05, 0) is 50.9 Å². The number of rotatable bonds is 8. The minimum Gasteiger partial charge on any atom is -0.492 e. The van der Waals surface area contributed by atoms with Gasteiger partial charge in [-0.15, -0.1) is 0 Å². The van der Waals surface area contributed by atoms with E-state index in [1.807, 2.05) is 4.90 Å². The van der Waals surface area contributed by atoms with Crippen molar-refractivity contribution >= 4 is 23.3 Å². The molecule has 2 aliphatic heterocycles. The van der Waals surface area contributed by atoms with Crippen LogP contribution >= 0.6 is 11.6 Å². The molecular formula is C22H32ClN3O3. The lowest BCUT2D eigenvalue weighted by molar-refractivity contribution is -0.130. The van der Waals surface area contributed by atoms with Gasteiger partial charge in [0.25, 0.3) is 0 Å². The SMILES string of the molecule is CC(=O)N1CCN(CC(=O)c2ccc(OCCCN3CCCC3C)c(Cl)c2)CC1. The number of carbonyl (C=O) groups is 2. The summed E-state index contributed by atoms with van der Waals surface area (Å²) in [6.45, 7) is 9.84. The Kier molecular flexibility index (Phi) is 7.92. The highest BCUT2D eigenvalue weighted by Crippen LogP contribution is 2.26. The highest BCUT2D eigenvalue weighted by Gasteiger charge is 2.21. The number of hydrogen-bond acceptors (Lipinski definition) is 5. The first-order chi connectivity index (χ1) is 13.9. The number of carbonyl (C=O) groups excluding carboxylic acids is 2. The maximum absolute atomic E-state index is 12.6. The van der Waals surface area contributed by atoms with Crippen molar-refractivity contribution in [1.29, 1.82) is 0 Å². The number of halogens is 1. The van der Waals surface area contributed by atoms with Crippen LogP contribution in [0.1, 0.15) is 43.5 Å². The Hall–Kier alpha value is -1.63. The molecule has 2 saturated heterocycles. The number of likely N-dealkylation sites (tertiary alicyclic amines) is 1. The number of ether oxygens (including phenoxy) is 1. The predicted molar refractivity (Wildman–Crippen MR) is 115 cm³/mol. The number of amides is 1. The van der Waals surface area contributed by atoms with E-state index >= 15 is 0 Å². The quantitative estimate of drug-likeness (QED) is 0.477. The van der Waals surface area contributed by atoms with Crippen LogP contribution in [0.3, 0.4) is 0 Å². The van der Waals surface area contributed by atoms with Crippen molar-refractivity contribution in [3.8, 4) is 5.75 Å². The molecule has 1 atom stereocenters. The highest BCUT2D eigenvalue weighted by molar-refractivity contribution is 6.32. The molecule has 3 rings (SSSR count). The fraction of sp³-hybridized carbons (Fsp3) is 0.636. The number of piperazine rings is 1. The molecule has 7 heteroatoms. The average Bonchev–Trinajstić information content (AvgIpc) is 3.11. The lowest BCUT2D eigenvalue weighted by Crippen LogP contribution is -2.49. The van der Waals surface area contributed by atoms with Gasteiger partial charge in [0, 0.05) is 51.3 Å². The summed E-state index contributed by atoms with van der Waals surface area (Å²) in [4.78, 5) is 30.4. The van der Waals surface area contributed by atoms with Crippen LogP contribution in [0.25, 0.3) is 0 Å². The summed E-state index contributed by atoms with van der Waals surface area (Å²) in [5.41, 5.74) is 0.599. The zero-order valence-electron chi connectivity index (χ0n) is 17.5. The topological polar surface area (TPSA) is 53.1 Å². The van der Waals surface area contributed by atoms with Crippen molar-refractivity contribution in [1.82, 2.24) is 14.7 Å². The van der Waals surface area contributed by atoms with Gasteiger partial charge in [-0.3, -0.25) is 14.5 Å². The summed E-state index contributed by atoms with van der Waals surface area (Å²) < 4.78 is 5.83. The van der Waals surface area contributed by atoms with Crippen LogP contribution in [0.15, 0.2) is 18.2 Å². The summed E-state index contributed by atoms with van der Waals surface area (Å²) in [7, 11) is 0. The second kappa shape index (κ2) is 10.4. The van der Waals surface area contributed by atoms with Crippen LogP contribution in [0, 0.1) is 0 Å². The molecular weight excluding hydrogens is 390 g/mol. The molecule has 1 aromatic carbocycles. The van der Waals surface area contributed by atoms with Gasteiger partial charge in [0.1, 0.15) is 5.75 Å². The van der Waals surface area contributed by atoms with E-state index in [4.69, 9.17) is 16.3 Å². The molecule has 2 fully saturated rings. The molecule has 29 heavy (non-hydrogen) atoms. The summed E-state index contributed by atoms with van der Waals surface area (Å²) in [5, 5.41) is 0.479. The Morgan fingerprint density at radius 2 is 1.93 bits per heavy atom. The van der Waals surface area contributed by atoms with E-state index in [0.29, 0.717) is 48.6 Å². The van der Waals surface area contributed by atoms with Crippen molar-refractivity contribution in [3.05, 3.63) is 28.8 Å². The van der Waals surface area contributed by atoms with E-state index in [-0.39, 0.29) is 11.7 Å². The van der Waals surface area contributed by atoms with Gasteiger partial charge in [-0.1, -0.05) is 11.6 Å². The summed E-state index contributed by atoms with van der Waals surface area (Å²) in [6, 6.07) is 5.96. The second-order valence-electron chi connectivity index (χ2n) is 8.08. The summed E-state index contributed by atoms with van der Waals surface area (Å²) in [5.74, 6) is 0.763. The zero-order valence-corrected chi connectivity index (χ0v) is 18.3. The van der Waals surface area contributed by atoms with E-state index in [1.165, 1.54) is 19.4 Å². The first kappa shape index (κ1) is 22.1. The van der Waals surface area contributed by atoms with E-state index in [9.17, 15) is 9.59 Å². The average molecular weight is 422 g/mol. The van der Waals surface area contributed by atoms with Crippen LogP contribution in [-0.2, 0) is 4.79 Å². The second-order valence-corrected chi connectivity index (χ2v) is 8.49. The molecule has 1 aromatic rings. The van der Waals surface area contributed by atoms with Gasteiger partial charge in [-0.2, -0.15) is 0 Å². The maximum Gasteiger partial charge on any atom is 0.219 e. The molecule has 0 saturated carbocycles. The molecule has 160 valence electrons. The summed E-state index contributed by atoms with van der Waals surface area (Å²) in [6.07, 6.45) is 3.54. The van der Waals surface area contributed by atoms with E-state index < -0.39 is 0 Å². The third kappa shape index (κ3) is 6.17. The Morgan fingerprint density at radius 1 is 1.17 bits per heavy atom. The number of ketones is 1. The van der Waals surface area contributed by atoms with Gasteiger partial charge in [-0.25, -0.2) is 0 Å². The standard InChI is InChI=1S/C22H32ClN3O3/c1-17-5-3-8-25(17)9-4-14-29-22-7-6-19(15-20(22)23)21(28)16-24-10-12-26(13-11-24)18(2)27/h6-7,15,17H,3-5,8-14,16H2,1-2H3. The third-order valence-electron chi connectivity index (χ3n) is 5.98. The minimum atomic E-state index is 0.0396. The van der Waals surface area contributed by atoms with Gasteiger partial charge >= 0.3 is 0 Å². The fourth-order valence-electron chi connectivity index (χ4n) is 4.08. The lowest BCUT2D eigenvalue weighted by atomic mass is 10.1. The van der Waals surface area contributed by atoms with Crippen molar-refractivity contribution < 1.29 is 14.3 Å². The molecule has 0 N–H and O–H groups in total. The molecule has 0 aromatic heterocycles. The van der Waals surface area contributed by atoms with E-state index in [1.54, 1.807) is 25.1 Å². The minimum absolute atomic E-state index is 0.0396. The molecule has 2 heterocycles. The lowest BCUT2D eigenvalue weighted by Gasteiger charge is -2.33. The molecule has 1 amide bonds. The Bertz CT molecular complexity index is 719. The normalized spacial score (nSPS) is 20.8. The molecule has 0 radical (unpaired) electrons. The van der Waals surface area contributed by atoms with Crippen LogP contribution in [0.4, 0.5) is 0 Å². The fourth-order valence-corrected chi connectivity index (χ4v) is 4.32. The van der Waals surface area contributed by atoms with Crippen LogP contribution in [-0.4, -0.2) is 84.9 Å². The predicted octanol–water partition coefficient (Wildman–Crippen LogP) is 2.94. The molecule has 2 aliphatic rings. The van der Waals surface area contributed by atoms with E-state index in [0.717, 1.165) is 26.1 Å². The summed E-state index contributed by atoms with van der Waals surface area (Å²) >= 11 is 6.35. The van der Waals surface area contributed by atoms with Gasteiger partial charge in [0.2, 0.25) is 5.91 Å². The zero-order chi connectivity index (χ0) is 20.8. The molecule has 0 spiro atoms. The third-order valence-corrected chi connectivity index (χ3v) is 6.27. The molecule has 0 aliphatic carbocycles. The van der Waals surface area contributed by atoms with Crippen LogP contribution in [0.2, 0.25) is 5.02 Å². The van der Waals surface area contributed by atoms with Crippen molar-refractivity contribution in [2.24, 2.45) is 0 Å². The monoisotopic (exact) mass is 421 g/mol. The molecule has 0 bridgehead atoms. The van der Waals surface area contributed by atoms with Gasteiger partial charge in [0.05, 0.1) is 18.2 Å². The molecule has 1 unspecified atom stereocenters.